The largest absolute Gasteiger partial charge is 0.464 e. The number of furan rings is 1. The fraction of sp³-hybridized carbons (Fsp3) is 0.357. The third kappa shape index (κ3) is 4.61. The van der Waals surface area contributed by atoms with Gasteiger partial charge in [0.1, 0.15) is 11.3 Å². The van der Waals surface area contributed by atoms with E-state index in [0.29, 0.717) is 26.0 Å². The van der Waals surface area contributed by atoms with Gasteiger partial charge in [-0.25, -0.2) is 4.79 Å². The number of rotatable bonds is 8. The predicted octanol–water partition coefficient (Wildman–Crippen LogP) is 4.39. The van der Waals surface area contributed by atoms with Crippen LogP contribution in [0.5, 0.6) is 0 Å². The highest BCUT2D eigenvalue weighted by Crippen LogP contribution is 2.38. The molecule has 182 valence electrons. The van der Waals surface area contributed by atoms with Crippen molar-refractivity contribution in [3.8, 4) is 11.3 Å². The molecule has 5 rings (SSSR count). The molecule has 1 aromatic heterocycles. The Labute approximate surface area is 205 Å². The molecule has 1 spiro atoms. The molecule has 0 aliphatic carbocycles. The maximum atomic E-state index is 13.6. The molecule has 0 unspecified atom stereocenters. The van der Waals surface area contributed by atoms with Gasteiger partial charge >= 0.3 is 6.03 Å². The van der Waals surface area contributed by atoms with Gasteiger partial charge in [-0.05, 0) is 36.1 Å². The zero-order valence-electron chi connectivity index (χ0n) is 20.1. The van der Waals surface area contributed by atoms with Crippen LogP contribution in [-0.4, -0.2) is 65.5 Å². The van der Waals surface area contributed by atoms with Crippen molar-refractivity contribution < 1.29 is 18.7 Å². The topological polar surface area (TPSA) is 66.2 Å². The number of carbonyl (C=O) groups is 2. The first-order valence-electron chi connectivity index (χ1n) is 12.1. The SMILES string of the molecule is COCCN1C(=O)N(Cc2ccccc2)C2(CCN(Cc3ccc(-c4ccco4)cc3)CC2)C1=O. The number of amides is 3. The number of carbonyl (C=O) groups excluding carboxylic acids is 2. The average Bonchev–Trinajstić information content (AvgIpc) is 3.49. The summed E-state index contributed by atoms with van der Waals surface area (Å²) in [6.07, 6.45) is 2.93. The van der Waals surface area contributed by atoms with E-state index >= 15 is 0 Å². The first kappa shape index (κ1) is 23.3. The summed E-state index contributed by atoms with van der Waals surface area (Å²) in [7, 11) is 1.59. The summed E-state index contributed by atoms with van der Waals surface area (Å²) >= 11 is 0. The van der Waals surface area contributed by atoms with E-state index in [-0.39, 0.29) is 18.5 Å². The van der Waals surface area contributed by atoms with Crippen LogP contribution in [0.3, 0.4) is 0 Å². The van der Waals surface area contributed by atoms with Crippen molar-refractivity contribution in [1.29, 1.82) is 0 Å². The van der Waals surface area contributed by atoms with E-state index in [0.717, 1.165) is 36.5 Å². The van der Waals surface area contributed by atoms with Crippen molar-refractivity contribution in [3.63, 3.8) is 0 Å². The van der Waals surface area contributed by atoms with E-state index < -0.39 is 5.54 Å². The van der Waals surface area contributed by atoms with Crippen molar-refractivity contribution in [1.82, 2.24) is 14.7 Å². The molecule has 3 heterocycles. The fourth-order valence-corrected chi connectivity index (χ4v) is 5.19. The van der Waals surface area contributed by atoms with Crippen molar-refractivity contribution >= 4 is 11.9 Å². The normalized spacial score (nSPS) is 18.1. The molecule has 3 amide bonds. The zero-order chi connectivity index (χ0) is 24.3. The Balaban J connectivity index is 1.29. The molecule has 0 bridgehead atoms. The van der Waals surface area contributed by atoms with E-state index in [1.807, 2.05) is 42.5 Å². The summed E-state index contributed by atoms with van der Waals surface area (Å²) in [6, 6.07) is 21.9. The van der Waals surface area contributed by atoms with Gasteiger partial charge in [-0.15, -0.1) is 0 Å². The Morgan fingerprint density at radius 1 is 0.886 bits per heavy atom. The number of imide groups is 1. The molecule has 3 aromatic rings. The van der Waals surface area contributed by atoms with Crippen LogP contribution in [0.2, 0.25) is 0 Å². The number of hydrogen-bond acceptors (Lipinski definition) is 5. The molecule has 2 aliphatic heterocycles. The van der Waals surface area contributed by atoms with Crippen molar-refractivity contribution in [2.45, 2.75) is 31.5 Å². The highest BCUT2D eigenvalue weighted by molar-refractivity contribution is 6.07. The van der Waals surface area contributed by atoms with Gasteiger partial charge in [-0.2, -0.15) is 0 Å². The minimum absolute atomic E-state index is 0.0852. The highest BCUT2D eigenvalue weighted by Gasteiger charge is 2.57. The Kier molecular flexibility index (Phi) is 6.70. The summed E-state index contributed by atoms with van der Waals surface area (Å²) in [5.41, 5.74) is 2.51. The van der Waals surface area contributed by atoms with E-state index in [1.165, 1.54) is 10.5 Å². The second kappa shape index (κ2) is 10.1. The first-order valence-corrected chi connectivity index (χ1v) is 12.1. The molecule has 2 aliphatic rings. The predicted molar refractivity (Wildman–Crippen MR) is 132 cm³/mol. The molecule has 0 saturated carbocycles. The number of likely N-dealkylation sites (tertiary alicyclic amines) is 1. The summed E-state index contributed by atoms with van der Waals surface area (Å²) in [5, 5.41) is 0. The van der Waals surface area contributed by atoms with Gasteiger partial charge in [0.15, 0.2) is 0 Å². The minimum atomic E-state index is -0.791. The third-order valence-electron chi connectivity index (χ3n) is 7.17. The monoisotopic (exact) mass is 473 g/mol. The Hall–Kier alpha value is -3.42. The summed E-state index contributed by atoms with van der Waals surface area (Å²) in [5.74, 6) is 0.773. The summed E-state index contributed by atoms with van der Waals surface area (Å²) in [4.78, 5) is 32.5. The van der Waals surface area contributed by atoms with Crippen molar-refractivity contribution in [3.05, 3.63) is 84.1 Å². The Morgan fingerprint density at radius 2 is 1.60 bits per heavy atom. The fourth-order valence-electron chi connectivity index (χ4n) is 5.19. The standard InChI is InChI=1S/C28H31N3O4/c1-34-19-17-30-26(32)28(31(27(30)33)21-22-6-3-2-4-7-22)13-15-29(16-14-28)20-23-9-11-24(12-10-23)25-8-5-18-35-25/h2-12,18H,13-17,19-21H2,1H3. The molecular formula is C28H31N3O4. The van der Waals surface area contributed by atoms with Gasteiger partial charge in [0, 0.05) is 38.9 Å². The van der Waals surface area contributed by atoms with Crippen LogP contribution in [0.4, 0.5) is 4.79 Å². The van der Waals surface area contributed by atoms with Crippen LogP contribution >= 0.6 is 0 Å². The third-order valence-corrected chi connectivity index (χ3v) is 7.17. The molecule has 2 saturated heterocycles. The van der Waals surface area contributed by atoms with Gasteiger partial charge in [-0.3, -0.25) is 14.6 Å². The van der Waals surface area contributed by atoms with Crippen LogP contribution in [0, 0.1) is 0 Å². The highest BCUT2D eigenvalue weighted by atomic mass is 16.5. The van der Waals surface area contributed by atoms with Crippen molar-refractivity contribution in [2.24, 2.45) is 0 Å². The lowest BCUT2D eigenvalue weighted by Crippen LogP contribution is -2.56. The Morgan fingerprint density at radius 3 is 2.26 bits per heavy atom. The average molecular weight is 474 g/mol. The van der Waals surface area contributed by atoms with E-state index in [9.17, 15) is 9.59 Å². The molecular weight excluding hydrogens is 442 g/mol. The number of ether oxygens (including phenoxy) is 1. The number of piperidine rings is 1. The van der Waals surface area contributed by atoms with Crippen LogP contribution < -0.4 is 0 Å². The second-order valence-electron chi connectivity index (χ2n) is 9.29. The van der Waals surface area contributed by atoms with E-state index in [4.69, 9.17) is 9.15 Å². The molecule has 7 heteroatoms. The van der Waals surface area contributed by atoms with Gasteiger partial charge in [0.25, 0.3) is 5.91 Å². The molecule has 0 N–H and O–H groups in total. The van der Waals surface area contributed by atoms with Gasteiger partial charge in [0.2, 0.25) is 0 Å². The zero-order valence-corrected chi connectivity index (χ0v) is 20.1. The number of urea groups is 1. The quantitative estimate of drug-likeness (QED) is 0.454. The molecule has 0 radical (unpaired) electrons. The minimum Gasteiger partial charge on any atom is -0.464 e. The van der Waals surface area contributed by atoms with Crippen molar-refractivity contribution in [2.75, 3.05) is 33.4 Å². The Bertz CT molecular complexity index is 1140. The summed E-state index contributed by atoms with van der Waals surface area (Å²) in [6.45, 7) is 3.37. The van der Waals surface area contributed by atoms with E-state index in [1.54, 1.807) is 18.3 Å². The number of hydrogen-bond donors (Lipinski definition) is 0. The lowest BCUT2D eigenvalue weighted by atomic mass is 9.85. The molecule has 7 nitrogen and oxygen atoms in total. The lowest BCUT2D eigenvalue weighted by Gasteiger charge is -2.42. The van der Waals surface area contributed by atoms with Crippen LogP contribution in [0.1, 0.15) is 24.0 Å². The number of methoxy groups -OCH3 is 1. The number of benzene rings is 2. The second-order valence-corrected chi connectivity index (χ2v) is 9.29. The lowest BCUT2D eigenvalue weighted by molar-refractivity contribution is -0.136. The molecule has 2 fully saturated rings. The van der Waals surface area contributed by atoms with E-state index in [2.05, 4.69) is 29.2 Å². The first-order chi connectivity index (χ1) is 17.1. The van der Waals surface area contributed by atoms with Gasteiger partial charge in [0.05, 0.1) is 19.4 Å². The molecule has 35 heavy (non-hydrogen) atoms. The van der Waals surface area contributed by atoms with Crippen LogP contribution in [0.15, 0.2) is 77.4 Å². The maximum Gasteiger partial charge on any atom is 0.328 e. The maximum absolute atomic E-state index is 13.6. The molecule has 0 atom stereocenters. The smallest absolute Gasteiger partial charge is 0.328 e. The van der Waals surface area contributed by atoms with Crippen LogP contribution in [0.25, 0.3) is 11.3 Å². The number of nitrogens with zero attached hydrogens (tertiary/aromatic N) is 3. The van der Waals surface area contributed by atoms with Gasteiger partial charge < -0.3 is 14.1 Å². The molecule has 2 aromatic carbocycles. The van der Waals surface area contributed by atoms with Gasteiger partial charge in [-0.1, -0.05) is 54.6 Å². The summed E-state index contributed by atoms with van der Waals surface area (Å²) < 4.78 is 10.6. The van der Waals surface area contributed by atoms with Crippen LogP contribution in [-0.2, 0) is 22.6 Å².